The Hall–Kier alpha value is -1.79. The van der Waals surface area contributed by atoms with Crippen LogP contribution in [0.3, 0.4) is 0 Å². The first-order chi connectivity index (χ1) is 10.7. The fourth-order valence-corrected chi connectivity index (χ4v) is 2.43. The summed E-state index contributed by atoms with van der Waals surface area (Å²) in [6.45, 7) is 5.29. The second kappa shape index (κ2) is 6.76. The number of hydrogen-bond donors (Lipinski definition) is 1. The van der Waals surface area contributed by atoms with Gasteiger partial charge in [-0.1, -0.05) is 29.3 Å². The number of halogens is 5. The molecule has 1 aromatic heterocycles. The van der Waals surface area contributed by atoms with Gasteiger partial charge < -0.3 is 5.32 Å². The summed E-state index contributed by atoms with van der Waals surface area (Å²) >= 11 is 12.0. The summed E-state index contributed by atoms with van der Waals surface area (Å²) in [5.41, 5.74) is 0.0543. The summed E-state index contributed by atoms with van der Waals surface area (Å²) in [6, 6.07) is 3.04. The van der Waals surface area contributed by atoms with Crippen molar-refractivity contribution in [2.24, 2.45) is 0 Å². The first-order valence-corrected chi connectivity index (χ1v) is 7.25. The van der Waals surface area contributed by atoms with Crippen molar-refractivity contribution in [3.8, 4) is 0 Å². The molecule has 1 aromatic carbocycles. The van der Waals surface area contributed by atoms with Crippen molar-refractivity contribution in [2.75, 3.05) is 5.32 Å². The average molecular weight is 362 g/mol. The number of nitrogens with one attached hydrogen (secondary N) is 1. The van der Waals surface area contributed by atoms with E-state index < -0.39 is 11.7 Å². The second-order valence-electron chi connectivity index (χ2n) is 4.70. The molecule has 0 radical (unpaired) electrons. The van der Waals surface area contributed by atoms with E-state index in [2.05, 4.69) is 21.9 Å². The van der Waals surface area contributed by atoms with Crippen molar-refractivity contribution >= 4 is 34.7 Å². The maximum atomic E-state index is 12.7. The van der Waals surface area contributed by atoms with Gasteiger partial charge in [0, 0.05) is 5.56 Å². The highest BCUT2D eigenvalue weighted by atomic mass is 35.5. The van der Waals surface area contributed by atoms with Crippen LogP contribution in [0.15, 0.2) is 30.9 Å². The minimum Gasteiger partial charge on any atom is -0.339 e. The molecule has 0 bridgehead atoms. The number of hydrogen-bond acceptors (Lipinski definition) is 3. The van der Waals surface area contributed by atoms with E-state index in [-0.39, 0.29) is 10.2 Å². The van der Waals surface area contributed by atoms with Crippen LogP contribution < -0.4 is 5.32 Å². The van der Waals surface area contributed by atoms with Crippen molar-refractivity contribution in [1.29, 1.82) is 0 Å². The van der Waals surface area contributed by atoms with Gasteiger partial charge in [-0.2, -0.15) is 13.2 Å². The number of aromatic nitrogens is 2. The van der Waals surface area contributed by atoms with Crippen molar-refractivity contribution in [2.45, 2.75) is 19.5 Å². The third-order valence-electron chi connectivity index (χ3n) is 2.97. The molecule has 2 aromatic rings. The maximum absolute atomic E-state index is 12.7. The van der Waals surface area contributed by atoms with Crippen LogP contribution in [0.4, 0.5) is 24.7 Å². The van der Waals surface area contributed by atoms with Gasteiger partial charge in [-0.05, 0) is 31.5 Å². The van der Waals surface area contributed by atoms with Gasteiger partial charge in [-0.3, -0.25) is 0 Å². The molecule has 0 amide bonds. The van der Waals surface area contributed by atoms with Crippen LogP contribution in [0.25, 0.3) is 0 Å². The van der Waals surface area contributed by atoms with E-state index in [9.17, 15) is 13.2 Å². The summed E-state index contributed by atoms with van der Waals surface area (Å²) in [5.74, 6) is 0.803. The number of rotatable bonds is 4. The second-order valence-corrected chi connectivity index (χ2v) is 5.46. The first kappa shape index (κ1) is 17.6. The zero-order valence-corrected chi connectivity index (χ0v) is 13.5. The smallest absolute Gasteiger partial charge is 0.339 e. The molecule has 8 heteroatoms. The zero-order valence-electron chi connectivity index (χ0n) is 12.0. The van der Waals surface area contributed by atoms with Crippen LogP contribution in [0.5, 0.6) is 0 Å². The van der Waals surface area contributed by atoms with Crippen LogP contribution in [0.2, 0.25) is 10.2 Å². The molecule has 1 N–H and O–H groups in total. The van der Waals surface area contributed by atoms with E-state index >= 15 is 0 Å². The van der Waals surface area contributed by atoms with Gasteiger partial charge in [0.15, 0.2) is 0 Å². The molecule has 0 atom stereocenters. The summed E-state index contributed by atoms with van der Waals surface area (Å²) in [6.07, 6.45) is -2.43. The van der Waals surface area contributed by atoms with Crippen LogP contribution in [0.1, 0.15) is 17.0 Å². The molecule has 0 aliphatic heterocycles. The Morgan fingerprint density at radius 1 is 1.26 bits per heavy atom. The Kier molecular flexibility index (Phi) is 5.16. The van der Waals surface area contributed by atoms with Crippen molar-refractivity contribution in [1.82, 2.24) is 9.97 Å². The molecule has 122 valence electrons. The molecule has 0 saturated carbocycles. The fourth-order valence-electron chi connectivity index (χ4n) is 1.91. The average Bonchev–Trinajstić information content (AvgIpc) is 2.43. The van der Waals surface area contributed by atoms with Gasteiger partial charge in [-0.25, -0.2) is 9.97 Å². The molecule has 3 nitrogen and oxygen atoms in total. The Balaban J connectivity index is 2.41. The standard InChI is InChI=1S/C15H12Cl2F3N3/c1-3-4-10-13(17)21-8(2)22-14(10)23-12-6-5-9(7-11(12)16)15(18,19)20/h3,5-7H,1,4H2,2H3,(H,21,22,23). The Morgan fingerprint density at radius 2 is 1.96 bits per heavy atom. The van der Waals surface area contributed by atoms with Crippen molar-refractivity contribution in [3.05, 3.63) is 58.0 Å². The molecule has 0 aliphatic carbocycles. The molecule has 0 saturated heterocycles. The monoisotopic (exact) mass is 361 g/mol. The van der Waals surface area contributed by atoms with E-state index in [0.29, 0.717) is 29.3 Å². The van der Waals surface area contributed by atoms with Crippen molar-refractivity contribution < 1.29 is 13.2 Å². The lowest BCUT2D eigenvalue weighted by molar-refractivity contribution is -0.137. The molecule has 1 heterocycles. The normalized spacial score (nSPS) is 11.4. The maximum Gasteiger partial charge on any atom is 0.416 e. The predicted molar refractivity (Wildman–Crippen MR) is 85.4 cm³/mol. The number of allylic oxidation sites excluding steroid dienone is 1. The van der Waals surface area contributed by atoms with Crippen LogP contribution in [-0.2, 0) is 12.6 Å². The van der Waals surface area contributed by atoms with E-state index in [1.165, 1.54) is 6.07 Å². The van der Waals surface area contributed by atoms with Gasteiger partial charge >= 0.3 is 6.18 Å². The highest BCUT2D eigenvalue weighted by molar-refractivity contribution is 6.33. The van der Waals surface area contributed by atoms with E-state index in [1.807, 2.05) is 0 Å². The molecular formula is C15H12Cl2F3N3. The van der Waals surface area contributed by atoms with E-state index in [4.69, 9.17) is 23.2 Å². The third-order valence-corrected chi connectivity index (χ3v) is 3.59. The minimum atomic E-state index is -4.45. The largest absolute Gasteiger partial charge is 0.416 e. The molecular weight excluding hydrogens is 350 g/mol. The van der Waals surface area contributed by atoms with E-state index in [1.54, 1.807) is 13.0 Å². The lowest BCUT2D eigenvalue weighted by atomic mass is 10.2. The third kappa shape index (κ3) is 4.14. The lowest BCUT2D eigenvalue weighted by Crippen LogP contribution is -2.06. The highest BCUT2D eigenvalue weighted by Gasteiger charge is 2.31. The fraction of sp³-hybridized carbons (Fsp3) is 0.200. The summed E-state index contributed by atoms with van der Waals surface area (Å²) in [5, 5.41) is 3.08. The van der Waals surface area contributed by atoms with Crippen LogP contribution >= 0.6 is 23.2 Å². The summed E-state index contributed by atoms with van der Waals surface area (Å²) < 4.78 is 38.0. The number of benzene rings is 1. The van der Waals surface area contributed by atoms with Crippen LogP contribution in [0, 0.1) is 6.92 Å². The quantitative estimate of drug-likeness (QED) is 0.570. The number of nitrogens with zero attached hydrogens (tertiary/aromatic N) is 2. The highest BCUT2D eigenvalue weighted by Crippen LogP contribution is 2.35. The predicted octanol–water partition coefficient (Wildman–Crippen LogP) is 5.58. The molecule has 0 aliphatic rings. The van der Waals surface area contributed by atoms with Gasteiger partial charge in [0.25, 0.3) is 0 Å². The Labute approximate surface area is 141 Å². The van der Waals surface area contributed by atoms with E-state index in [0.717, 1.165) is 12.1 Å². The molecule has 0 spiro atoms. The van der Waals surface area contributed by atoms with Gasteiger partial charge in [0.05, 0.1) is 16.3 Å². The zero-order chi connectivity index (χ0) is 17.2. The van der Waals surface area contributed by atoms with Gasteiger partial charge in [0.1, 0.15) is 16.8 Å². The van der Waals surface area contributed by atoms with Crippen molar-refractivity contribution in [3.63, 3.8) is 0 Å². The summed E-state index contributed by atoms with van der Waals surface area (Å²) in [4.78, 5) is 8.27. The lowest BCUT2D eigenvalue weighted by Gasteiger charge is -2.14. The summed E-state index contributed by atoms with van der Waals surface area (Å²) in [7, 11) is 0. The van der Waals surface area contributed by atoms with Crippen LogP contribution in [-0.4, -0.2) is 9.97 Å². The number of aryl methyl sites for hydroxylation is 1. The number of alkyl halides is 3. The van der Waals surface area contributed by atoms with Gasteiger partial charge in [0.2, 0.25) is 0 Å². The molecule has 0 fully saturated rings. The number of anilines is 2. The minimum absolute atomic E-state index is 0.0724. The SMILES string of the molecule is C=CCc1c(Cl)nc(C)nc1Nc1ccc(C(F)(F)F)cc1Cl. The molecule has 0 unspecified atom stereocenters. The Morgan fingerprint density at radius 3 is 2.52 bits per heavy atom. The molecule has 23 heavy (non-hydrogen) atoms. The Bertz CT molecular complexity index is 745. The van der Waals surface area contributed by atoms with Gasteiger partial charge in [-0.15, -0.1) is 6.58 Å². The molecule has 2 rings (SSSR count). The first-order valence-electron chi connectivity index (χ1n) is 6.50. The topological polar surface area (TPSA) is 37.8 Å².